The lowest BCUT2D eigenvalue weighted by Gasteiger charge is -2.23. The predicted octanol–water partition coefficient (Wildman–Crippen LogP) is 4.07. The summed E-state index contributed by atoms with van der Waals surface area (Å²) in [5, 5.41) is 0.651. The van der Waals surface area contributed by atoms with Gasteiger partial charge in [-0.15, -0.1) is 0 Å². The third-order valence-corrected chi connectivity index (χ3v) is 6.25. The highest BCUT2D eigenvalue weighted by Gasteiger charge is 2.27. The quantitative estimate of drug-likeness (QED) is 0.484. The summed E-state index contributed by atoms with van der Waals surface area (Å²) in [6.07, 6.45) is 5.22. The molecule has 1 unspecified atom stereocenters. The molecule has 1 atom stereocenters. The topological polar surface area (TPSA) is 77.4 Å². The molecule has 0 spiro atoms. The number of carbonyl (C=O) groups is 1. The van der Waals surface area contributed by atoms with E-state index in [0.29, 0.717) is 22.8 Å². The molecule has 7 nitrogen and oxygen atoms in total. The molecular weight excluding hydrogens is 400 g/mol. The molecule has 2 aromatic carbocycles. The molecule has 0 aliphatic carbocycles. The summed E-state index contributed by atoms with van der Waals surface area (Å²) in [6, 6.07) is 11.1. The monoisotopic (exact) mass is 420 g/mol. The molecule has 1 saturated heterocycles. The Kier molecular flexibility index (Phi) is 5.02. The zero-order valence-corrected chi connectivity index (χ0v) is 17.3. The van der Waals surface area contributed by atoms with Crippen LogP contribution >= 0.6 is 11.3 Å². The highest BCUT2D eigenvalue weighted by atomic mass is 32.1. The number of hydrogen-bond acceptors (Lipinski definition) is 7. The number of carbonyl (C=O) groups excluding carboxylic acids is 1. The minimum absolute atomic E-state index is 0.00995. The van der Waals surface area contributed by atoms with Crippen LogP contribution in [0.1, 0.15) is 23.2 Å². The molecule has 5 rings (SSSR count). The molecular formula is C22H20N4O3S. The van der Waals surface area contributed by atoms with Gasteiger partial charge in [0.25, 0.3) is 5.91 Å². The van der Waals surface area contributed by atoms with Crippen LogP contribution in [0.5, 0.6) is 5.75 Å². The van der Waals surface area contributed by atoms with E-state index in [4.69, 9.17) is 14.5 Å². The minimum atomic E-state index is -0.121. The lowest BCUT2D eigenvalue weighted by Crippen LogP contribution is -2.37. The van der Waals surface area contributed by atoms with Gasteiger partial charge in [0.2, 0.25) is 0 Å². The third-order valence-electron chi connectivity index (χ3n) is 5.19. The molecule has 0 radical (unpaired) electrons. The number of ether oxygens (including phenoxy) is 2. The lowest BCUT2D eigenvalue weighted by atomic mass is 10.1. The van der Waals surface area contributed by atoms with Crippen molar-refractivity contribution in [2.45, 2.75) is 18.9 Å². The number of amides is 1. The van der Waals surface area contributed by atoms with Crippen LogP contribution in [0.4, 0.5) is 5.13 Å². The fraction of sp³-hybridized carbons (Fsp3) is 0.273. The number of rotatable bonds is 5. The van der Waals surface area contributed by atoms with Gasteiger partial charge in [-0.3, -0.25) is 19.7 Å². The van der Waals surface area contributed by atoms with Gasteiger partial charge < -0.3 is 9.47 Å². The van der Waals surface area contributed by atoms with E-state index in [1.54, 1.807) is 36.5 Å². The summed E-state index contributed by atoms with van der Waals surface area (Å²) in [7, 11) is 1.63. The van der Waals surface area contributed by atoms with E-state index in [9.17, 15) is 4.79 Å². The van der Waals surface area contributed by atoms with Crippen molar-refractivity contribution in [3.8, 4) is 5.75 Å². The molecule has 152 valence electrons. The summed E-state index contributed by atoms with van der Waals surface area (Å²) in [4.78, 5) is 28.6. The number of aromatic nitrogens is 3. The highest BCUT2D eigenvalue weighted by molar-refractivity contribution is 7.22. The van der Waals surface area contributed by atoms with Crippen LogP contribution in [-0.4, -0.2) is 47.2 Å². The molecule has 3 heterocycles. The molecule has 0 N–H and O–H groups in total. The molecule has 4 aromatic rings. The molecule has 2 aromatic heterocycles. The Morgan fingerprint density at radius 1 is 1.17 bits per heavy atom. The maximum absolute atomic E-state index is 13.5. The molecule has 0 bridgehead atoms. The van der Waals surface area contributed by atoms with Crippen LogP contribution in [0.3, 0.4) is 0 Å². The first-order valence-corrected chi connectivity index (χ1v) is 10.6. The van der Waals surface area contributed by atoms with E-state index < -0.39 is 0 Å². The van der Waals surface area contributed by atoms with Crippen LogP contribution in [-0.2, 0) is 4.74 Å². The van der Waals surface area contributed by atoms with Gasteiger partial charge in [-0.05, 0) is 43.2 Å². The van der Waals surface area contributed by atoms with Crippen molar-refractivity contribution in [2.24, 2.45) is 0 Å². The van der Waals surface area contributed by atoms with Crippen LogP contribution in [0.25, 0.3) is 21.3 Å². The number of fused-ring (bicyclic) bond motifs is 2. The molecule has 1 fully saturated rings. The van der Waals surface area contributed by atoms with Crippen molar-refractivity contribution in [3.63, 3.8) is 0 Å². The third kappa shape index (κ3) is 3.59. The summed E-state index contributed by atoms with van der Waals surface area (Å²) in [5.41, 5.74) is 2.81. The number of nitrogens with zero attached hydrogens (tertiary/aromatic N) is 4. The van der Waals surface area contributed by atoms with Gasteiger partial charge in [0, 0.05) is 30.6 Å². The molecule has 1 amide bonds. The van der Waals surface area contributed by atoms with Gasteiger partial charge in [0.1, 0.15) is 5.75 Å². The van der Waals surface area contributed by atoms with Crippen LogP contribution < -0.4 is 9.64 Å². The Hall–Kier alpha value is -3.10. The second-order valence-corrected chi connectivity index (χ2v) is 8.15. The van der Waals surface area contributed by atoms with Gasteiger partial charge in [-0.2, -0.15) is 0 Å². The van der Waals surface area contributed by atoms with Gasteiger partial charge in [-0.25, -0.2) is 4.98 Å². The number of thiazole rings is 1. The summed E-state index contributed by atoms with van der Waals surface area (Å²) in [6.45, 7) is 1.20. The maximum Gasteiger partial charge on any atom is 0.260 e. The van der Waals surface area contributed by atoms with Crippen molar-refractivity contribution in [1.82, 2.24) is 15.0 Å². The zero-order chi connectivity index (χ0) is 20.5. The van der Waals surface area contributed by atoms with E-state index in [0.717, 1.165) is 40.9 Å². The normalized spacial score (nSPS) is 16.2. The van der Waals surface area contributed by atoms with Crippen LogP contribution in [0.2, 0.25) is 0 Å². The number of benzene rings is 2. The largest absolute Gasteiger partial charge is 0.497 e. The second kappa shape index (κ2) is 7.97. The minimum Gasteiger partial charge on any atom is -0.497 e. The summed E-state index contributed by atoms with van der Waals surface area (Å²) < 4.78 is 12.1. The second-order valence-electron chi connectivity index (χ2n) is 7.14. The Labute approximate surface area is 177 Å². The van der Waals surface area contributed by atoms with Gasteiger partial charge in [0.15, 0.2) is 5.13 Å². The number of hydrogen-bond donors (Lipinski definition) is 0. The van der Waals surface area contributed by atoms with Crippen molar-refractivity contribution in [1.29, 1.82) is 0 Å². The smallest absolute Gasteiger partial charge is 0.260 e. The molecule has 1 aliphatic heterocycles. The van der Waals surface area contributed by atoms with Crippen LogP contribution in [0, 0.1) is 0 Å². The van der Waals surface area contributed by atoms with E-state index >= 15 is 0 Å². The van der Waals surface area contributed by atoms with E-state index in [-0.39, 0.29) is 12.0 Å². The van der Waals surface area contributed by atoms with Crippen molar-refractivity contribution in [2.75, 3.05) is 25.2 Å². The molecule has 30 heavy (non-hydrogen) atoms. The van der Waals surface area contributed by atoms with Crippen molar-refractivity contribution < 1.29 is 14.3 Å². The first kappa shape index (κ1) is 18.9. The Bertz CT molecular complexity index is 1220. The summed E-state index contributed by atoms with van der Waals surface area (Å²) in [5.74, 6) is 0.619. The SMILES string of the molecule is COc1ccc2sc(N(CC3CCCO3)C(=O)c3ccc4nccnc4c3)nc2c1. The van der Waals surface area contributed by atoms with E-state index in [2.05, 4.69) is 9.97 Å². The Morgan fingerprint density at radius 2 is 2.03 bits per heavy atom. The molecule has 0 saturated carbocycles. The fourth-order valence-electron chi connectivity index (χ4n) is 3.63. The number of methoxy groups -OCH3 is 1. The molecule has 1 aliphatic rings. The van der Waals surface area contributed by atoms with Crippen molar-refractivity contribution >= 4 is 43.6 Å². The fourth-order valence-corrected chi connectivity index (χ4v) is 4.58. The standard InChI is InChI=1S/C22H20N4O3S/c1-28-15-5-7-20-19(12-15)25-22(30-20)26(13-16-3-2-10-29-16)21(27)14-4-6-17-18(11-14)24-9-8-23-17/h4-9,11-12,16H,2-3,10,13H2,1H3. The van der Waals surface area contributed by atoms with E-state index in [1.165, 1.54) is 11.3 Å². The number of anilines is 1. The molecule has 8 heteroatoms. The lowest BCUT2D eigenvalue weighted by molar-refractivity contribution is 0.0917. The van der Waals surface area contributed by atoms with Crippen LogP contribution in [0.15, 0.2) is 48.8 Å². The first-order valence-electron chi connectivity index (χ1n) is 9.80. The van der Waals surface area contributed by atoms with E-state index in [1.807, 2.05) is 24.3 Å². The Morgan fingerprint density at radius 3 is 2.83 bits per heavy atom. The average Bonchev–Trinajstić information content (AvgIpc) is 3.45. The van der Waals surface area contributed by atoms with Gasteiger partial charge in [-0.1, -0.05) is 11.3 Å². The Balaban J connectivity index is 1.54. The van der Waals surface area contributed by atoms with Crippen molar-refractivity contribution in [3.05, 3.63) is 54.4 Å². The van der Waals surface area contributed by atoms with Gasteiger partial charge in [0.05, 0.1) is 41.0 Å². The zero-order valence-electron chi connectivity index (χ0n) is 16.4. The first-order chi connectivity index (χ1) is 14.7. The predicted molar refractivity (Wildman–Crippen MR) is 116 cm³/mol. The summed E-state index contributed by atoms with van der Waals surface area (Å²) >= 11 is 1.49. The highest BCUT2D eigenvalue weighted by Crippen LogP contribution is 2.33. The maximum atomic E-state index is 13.5. The average molecular weight is 420 g/mol. The van der Waals surface area contributed by atoms with Gasteiger partial charge >= 0.3 is 0 Å².